The predicted molar refractivity (Wildman–Crippen MR) is 85.2 cm³/mol. The number of para-hydroxylation sites is 1. The van der Waals surface area contributed by atoms with E-state index in [0.717, 1.165) is 48.1 Å². The van der Waals surface area contributed by atoms with Crippen LogP contribution in [0, 0.1) is 0 Å². The van der Waals surface area contributed by atoms with Gasteiger partial charge < -0.3 is 10.2 Å². The zero-order chi connectivity index (χ0) is 14.7. The van der Waals surface area contributed by atoms with Crippen LogP contribution in [0.1, 0.15) is 31.2 Å². The number of amides is 1. The molecule has 4 nitrogen and oxygen atoms in total. The van der Waals surface area contributed by atoms with Crippen LogP contribution in [0.3, 0.4) is 0 Å². The minimum atomic E-state index is 0.266. The lowest BCUT2D eigenvalue weighted by Gasteiger charge is -2.22. The molecule has 1 aromatic carbocycles. The lowest BCUT2D eigenvalue weighted by atomic mass is 10.1. The van der Waals surface area contributed by atoms with Crippen LogP contribution < -0.4 is 5.32 Å². The Balaban J connectivity index is 1.93. The second-order valence-electron chi connectivity index (χ2n) is 5.56. The Hall–Kier alpha value is -2.10. The van der Waals surface area contributed by atoms with Crippen LogP contribution in [0.4, 0.5) is 5.82 Å². The van der Waals surface area contributed by atoms with E-state index >= 15 is 0 Å². The summed E-state index contributed by atoms with van der Waals surface area (Å²) >= 11 is 0. The number of benzene rings is 1. The third-order valence-electron chi connectivity index (χ3n) is 4.07. The third kappa shape index (κ3) is 2.99. The summed E-state index contributed by atoms with van der Waals surface area (Å²) in [7, 11) is 1.88. The molecular formula is C17H21N3O. The quantitative estimate of drug-likeness (QED) is 0.941. The molecule has 0 saturated carbocycles. The van der Waals surface area contributed by atoms with Gasteiger partial charge in [0.25, 0.3) is 0 Å². The van der Waals surface area contributed by atoms with E-state index in [2.05, 4.69) is 22.4 Å². The first-order chi connectivity index (χ1) is 10.3. The lowest BCUT2D eigenvalue weighted by Crippen LogP contribution is -2.30. The minimum Gasteiger partial charge on any atom is -0.373 e. The summed E-state index contributed by atoms with van der Waals surface area (Å²) in [6.45, 7) is 1.50. The Morgan fingerprint density at radius 1 is 1.24 bits per heavy atom. The zero-order valence-corrected chi connectivity index (χ0v) is 12.4. The highest BCUT2D eigenvalue weighted by Gasteiger charge is 2.18. The maximum absolute atomic E-state index is 12.2. The normalized spacial score (nSPS) is 16.0. The van der Waals surface area contributed by atoms with E-state index in [4.69, 9.17) is 0 Å². The molecule has 0 spiro atoms. The number of pyridine rings is 1. The molecule has 3 rings (SSSR count). The Morgan fingerprint density at radius 3 is 2.95 bits per heavy atom. The molecule has 1 fully saturated rings. The summed E-state index contributed by atoms with van der Waals surface area (Å²) in [5, 5.41) is 4.28. The van der Waals surface area contributed by atoms with Crippen molar-refractivity contribution in [3.8, 4) is 0 Å². The van der Waals surface area contributed by atoms with Crippen molar-refractivity contribution in [2.75, 3.05) is 18.9 Å². The van der Waals surface area contributed by atoms with Crippen molar-refractivity contribution < 1.29 is 4.79 Å². The monoisotopic (exact) mass is 283 g/mol. The summed E-state index contributed by atoms with van der Waals surface area (Å²) in [5.74, 6) is 1.13. The van der Waals surface area contributed by atoms with Gasteiger partial charge in [0.05, 0.1) is 5.52 Å². The number of aromatic nitrogens is 1. The second-order valence-corrected chi connectivity index (χ2v) is 5.56. The van der Waals surface area contributed by atoms with Gasteiger partial charge in [-0.2, -0.15) is 0 Å². The van der Waals surface area contributed by atoms with Crippen LogP contribution in [0.25, 0.3) is 10.9 Å². The van der Waals surface area contributed by atoms with Gasteiger partial charge in [-0.05, 0) is 25.0 Å². The molecule has 0 bridgehead atoms. The second kappa shape index (κ2) is 6.12. The number of anilines is 1. The van der Waals surface area contributed by atoms with Gasteiger partial charge in [-0.3, -0.25) is 4.79 Å². The largest absolute Gasteiger partial charge is 0.373 e. The number of carbonyl (C=O) groups is 1. The standard InChI is InChI=1S/C17H21N3O/c1-18-17-14(11-13-7-4-5-8-15(13)19-17)12-20-10-6-2-3-9-16(20)21/h4-5,7-8,11H,2-3,6,9-10,12H2,1H3,(H,18,19). The number of carbonyl (C=O) groups excluding carboxylic acids is 1. The van der Waals surface area contributed by atoms with Gasteiger partial charge in [0.2, 0.25) is 5.91 Å². The van der Waals surface area contributed by atoms with Gasteiger partial charge in [-0.25, -0.2) is 4.98 Å². The first kappa shape index (κ1) is 13.9. The molecule has 1 amide bonds. The molecule has 21 heavy (non-hydrogen) atoms. The van der Waals surface area contributed by atoms with Crippen molar-refractivity contribution in [1.29, 1.82) is 0 Å². The summed E-state index contributed by atoms with van der Waals surface area (Å²) in [6.07, 6.45) is 3.94. The molecule has 1 N–H and O–H groups in total. The van der Waals surface area contributed by atoms with Crippen LogP contribution in [0.2, 0.25) is 0 Å². The van der Waals surface area contributed by atoms with Gasteiger partial charge >= 0.3 is 0 Å². The van der Waals surface area contributed by atoms with E-state index in [9.17, 15) is 4.79 Å². The lowest BCUT2D eigenvalue weighted by molar-refractivity contribution is -0.131. The topological polar surface area (TPSA) is 45.2 Å². The first-order valence-electron chi connectivity index (χ1n) is 7.62. The fraction of sp³-hybridized carbons (Fsp3) is 0.412. The summed E-state index contributed by atoms with van der Waals surface area (Å²) in [5.41, 5.74) is 2.07. The Bertz CT molecular complexity index is 654. The molecular weight excluding hydrogens is 262 g/mol. The number of nitrogens with zero attached hydrogens (tertiary/aromatic N) is 2. The Labute approximate surface area is 125 Å². The van der Waals surface area contributed by atoms with Crippen LogP contribution in [-0.2, 0) is 11.3 Å². The summed E-state index contributed by atoms with van der Waals surface area (Å²) < 4.78 is 0. The molecule has 0 radical (unpaired) electrons. The van der Waals surface area contributed by atoms with Crippen molar-refractivity contribution >= 4 is 22.6 Å². The van der Waals surface area contributed by atoms with Crippen molar-refractivity contribution in [3.05, 3.63) is 35.9 Å². The first-order valence-corrected chi connectivity index (χ1v) is 7.62. The molecule has 4 heteroatoms. The zero-order valence-electron chi connectivity index (χ0n) is 12.4. The molecule has 1 aliphatic heterocycles. The van der Waals surface area contributed by atoms with Gasteiger partial charge in [0.15, 0.2) is 0 Å². The third-order valence-corrected chi connectivity index (χ3v) is 4.07. The highest BCUT2D eigenvalue weighted by atomic mass is 16.2. The maximum atomic E-state index is 12.2. The average molecular weight is 283 g/mol. The fourth-order valence-corrected chi connectivity index (χ4v) is 2.91. The summed E-state index contributed by atoms with van der Waals surface area (Å²) in [4.78, 5) is 18.8. The van der Waals surface area contributed by atoms with Gasteiger partial charge in [-0.15, -0.1) is 0 Å². The van der Waals surface area contributed by atoms with Crippen molar-refractivity contribution in [2.24, 2.45) is 0 Å². The molecule has 2 aromatic rings. The average Bonchev–Trinajstić information content (AvgIpc) is 2.71. The molecule has 1 aromatic heterocycles. The Morgan fingerprint density at radius 2 is 2.10 bits per heavy atom. The molecule has 0 unspecified atom stereocenters. The van der Waals surface area contributed by atoms with Crippen LogP contribution in [0.15, 0.2) is 30.3 Å². The number of nitrogens with one attached hydrogen (secondary N) is 1. The van der Waals surface area contributed by atoms with E-state index < -0.39 is 0 Å². The van der Waals surface area contributed by atoms with E-state index in [1.165, 1.54) is 0 Å². The van der Waals surface area contributed by atoms with Crippen LogP contribution in [-0.4, -0.2) is 29.4 Å². The van der Waals surface area contributed by atoms with Gasteiger partial charge in [0, 0.05) is 37.5 Å². The molecule has 0 atom stereocenters. The number of likely N-dealkylation sites (tertiary alicyclic amines) is 1. The fourth-order valence-electron chi connectivity index (χ4n) is 2.91. The number of hydrogen-bond acceptors (Lipinski definition) is 3. The van der Waals surface area contributed by atoms with Crippen molar-refractivity contribution in [1.82, 2.24) is 9.88 Å². The van der Waals surface area contributed by atoms with Crippen LogP contribution >= 0.6 is 0 Å². The SMILES string of the molecule is CNc1nc2ccccc2cc1CN1CCCCCC1=O. The number of hydrogen-bond donors (Lipinski definition) is 1. The number of fused-ring (bicyclic) bond motifs is 1. The highest BCUT2D eigenvalue weighted by molar-refractivity contribution is 5.82. The molecule has 1 saturated heterocycles. The summed E-state index contributed by atoms with van der Waals surface area (Å²) in [6, 6.07) is 10.2. The van der Waals surface area contributed by atoms with Gasteiger partial charge in [-0.1, -0.05) is 24.6 Å². The van der Waals surface area contributed by atoms with Gasteiger partial charge in [0.1, 0.15) is 5.82 Å². The van der Waals surface area contributed by atoms with E-state index in [1.54, 1.807) is 0 Å². The Kier molecular flexibility index (Phi) is 4.04. The van der Waals surface area contributed by atoms with Crippen molar-refractivity contribution in [2.45, 2.75) is 32.2 Å². The maximum Gasteiger partial charge on any atom is 0.222 e. The number of rotatable bonds is 3. The van der Waals surface area contributed by atoms with Crippen LogP contribution in [0.5, 0.6) is 0 Å². The van der Waals surface area contributed by atoms with E-state index in [1.807, 2.05) is 30.1 Å². The molecule has 1 aliphatic rings. The smallest absolute Gasteiger partial charge is 0.222 e. The van der Waals surface area contributed by atoms with E-state index in [-0.39, 0.29) is 5.91 Å². The molecule has 2 heterocycles. The highest BCUT2D eigenvalue weighted by Crippen LogP contribution is 2.23. The molecule has 0 aliphatic carbocycles. The van der Waals surface area contributed by atoms with E-state index in [0.29, 0.717) is 13.0 Å². The molecule has 110 valence electrons. The minimum absolute atomic E-state index is 0.266. The predicted octanol–water partition coefficient (Wildman–Crippen LogP) is 3.18. The van der Waals surface area contributed by atoms with Crippen molar-refractivity contribution in [3.63, 3.8) is 0 Å².